The zero-order valence-corrected chi connectivity index (χ0v) is 8.74. The average Bonchev–Trinajstić information content (AvgIpc) is 1.98. The summed E-state index contributed by atoms with van der Waals surface area (Å²) in [5.41, 5.74) is 0. The Balaban J connectivity index is 3.14. The van der Waals surface area contributed by atoms with Crippen molar-refractivity contribution in [2.24, 2.45) is 0 Å². The zero-order chi connectivity index (χ0) is 9.40. The zero-order valence-electron chi connectivity index (χ0n) is 7.92. The first-order valence-electron chi connectivity index (χ1n) is 4.19. The van der Waals surface area contributed by atoms with E-state index in [0.29, 0.717) is 18.4 Å². The summed E-state index contributed by atoms with van der Waals surface area (Å²) in [4.78, 5) is 10.7. The number of carbonyl (C=O) groups is 1. The maximum Gasteiger partial charge on any atom is 0.407 e. The van der Waals surface area contributed by atoms with Gasteiger partial charge in [-0.2, -0.15) is 11.8 Å². The molecule has 1 N–H and O–H groups in total. The van der Waals surface area contributed by atoms with Crippen molar-refractivity contribution in [2.75, 3.05) is 18.9 Å². The highest BCUT2D eigenvalue weighted by molar-refractivity contribution is 7.99. The Morgan fingerprint density at radius 1 is 1.58 bits per heavy atom. The van der Waals surface area contributed by atoms with Gasteiger partial charge in [0.2, 0.25) is 0 Å². The molecule has 0 rings (SSSR count). The van der Waals surface area contributed by atoms with Crippen molar-refractivity contribution < 1.29 is 9.53 Å². The SMILES string of the molecule is CCOC(=O)NCCSC(C)C. The number of hydrogen-bond donors (Lipinski definition) is 1. The number of rotatable bonds is 5. The maximum atomic E-state index is 10.7. The second-order valence-corrected chi connectivity index (χ2v) is 4.25. The van der Waals surface area contributed by atoms with E-state index in [2.05, 4.69) is 23.9 Å². The third-order valence-electron chi connectivity index (χ3n) is 1.10. The third-order valence-corrected chi connectivity index (χ3v) is 2.20. The van der Waals surface area contributed by atoms with E-state index < -0.39 is 0 Å². The fraction of sp³-hybridized carbons (Fsp3) is 0.875. The summed E-state index contributed by atoms with van der Waals surface area (Å²) in [5.74, 6) is 0.941. The number of alkyl carbamates (subject to hydrolysis) is 1. The molecule has 0 unspecified atom stereocenters. The molecule has 4 heteroatoms. The fourth-order valence-corrected chi connectivity index (χ4v) is 1.32. The monoisotopic (exact) mass is 191 g/mol. The maximum absolute atomic E-state index is 10.7. The molecule has 0 aliphatic rings. The summed E-state index contributed by atoms with van der Waals surface area (Å²) in [5, 5.41) is 3.28. The van der Waals surface area contributed by atoms with Crippen molar-refractivity contribution in [3.05, 3.63) is 0 Å². The summed E-state index contributed by atoms with van der Waals surface area (Å²) in [6, 6.07) is 0. The minimum absolute atomic E-state index is 0.318. The lowest BCUT2D eigenvalue weighted by molar-refractivity contribution is 0.153. The first kappa shape index (κ1) is 11.6. The van der Waals surface area contributed by atoms with Crippen molar-refractivity contribution in [2.45, 2.75) is 26.0 Å². The molecule has 3 nitrogen and oxygen atoms in total. The Labute approximate surface area is 78.2 Å². The lowest BCUT2D eigenvalue weighted by Crippen LogP contribution is -2.26. The standard InChI is InChI=1S/C8H17NO2S/c1-4-11-8(10)9-5-6-12-7(2)3/h7H,4-6H2,1-3H3,(H,9,10). The molecule has 12 heavy (non-hydrogen) atoms. The Kier molecular flexibility index (Phi) is 7.05. The third kappa shape index (κ3) is 7.72. The molecular formula is C8H17NO2S. The van der Waals surface area contributed by atoms with Crippen molar-refractivity contribution in [1.82, 2.24) is 5.32 Å². The molecule has 0 saturated carbocycles. The van der Waals surface area contributed by atoms with E-state index in [1.54, 1.807) is 6.92 Å². The molecule has 0 spiro atoms. The van der Waals surface area contributed by atoms with Gasteiger partial charge in [-0.25, -0.2) is 4.79 Å². The molecule has 1 amide bonds. The van der Waals surface area contributed by atoms with Gasteiger partial charge in [-0.15, -0.1) is 0 Å². The summed E-state index contributed by atoms with van der Waals surface area (Å²) in [6.07, 6.45) is -0.318. The predicted molar refractivity (Wildman–Crippen MR) is 52.6 cm³/mol. The largest absolute Gasteiger partial charge is 0.450 e. The number of thioether (sulfide) groups is 1. The van der Waals surface area contributed by atoms with E-state index in [-0.39, 0.29) is 6.09 Å². The van der Waals surface area contributed by atoms with Crippen LogP contribution in [0.3, 0.4) is 0 Å². The lowest BCUT2D eigenvalue weighted by atomic mass is 10.6. The summed E-state index contributed by atoms with van der Waals surface area (Å²) in [7, 11) is 0. The number of ether oxygens (including phenoxy) is 1. The van der Waals surface area contributed by atoms with Crippen LogP contribution in [0.1, 0.15) is 20.8 Å². The van der Waals surface area contributed by atoms with Crippen LogP contribution in [-0.4, -0.2) is 30.2 Å². The van der Waals surface area contributed by atoms with Crippen LogP contribution < -0.4 is 5.32 Å². The topological polar surface area (TPSA) is 38.3 Å². The molecule has 0 saturated heterocycles. The van der Waals surface area contributed by atoms with E-state index in [0.717, 1.165) is 5.75 Å². The van der Waals surface area contributed by atoms with Crippen LogP contribution in [0.25, 0.3) is 0 Å². The van der Waals surface area contributed by atoms with E-state index >= 15 is 0 Å². The normalized spacial score (nSPS) is 10.0. The number of hydrogen-bond acceptors (Lipinski definition) is 3. The van der Waals surface area contributed by atoms with Crippen molar-refractivity contribution >= 4 is 17.9 Å². The molecule has 0 aliphatic carbocycles. The fourth-order valence-electron chi connectivity index (χ4n) is 0.630. The Morgan fingerprint density at radius 2 is 2.25 bits per heavy atom. The van der Waals surface area contributed by atoms with Gasteiger partial charge in [0.25, 0.3) is 0 Å². The first-order chi connectivity index (χ1) is 5.66. The van der Waals surface area contributed by atoms with Crippen LogP contribution in [0.2, 0.25) is 0 Å². The second kappa shape index (κ2) is 7.28. The van der Waals surface area contributed by atoms with Crippen LogP contribution in [0.5, 0.6) is 0 Å². The quantitative estimate of drug-likeness (QED) is 0.674. The molecule has 0 heterocycles. The number of carbonyl (C=O) groups excluding carboxylic acids is 1. The molecule has 0 radical (unpaired) electrons. The van der Waals surface area contributed by atoms with Gasteiger partial charge in [0.15, 0.2) is 0 Å². The minimum atomic E-state index is -0.318. The van der Waals surface area contributed by atoms with Crippen LogP contribution in [0, 0.1) is 0 Å². The van der Waals surface area contributed by atoms with Gasteiger partial charge in [0.05, 0.1) is 6.61 Å². The molecule has 72 valence electrons. The average molecular weight is 191 g/mol. The van der Waals surface area contributed by atoms with Gasteiger partial charge in [0.1, 0.15) is 0 Å². The summed E-state index contributed by atoms with van der Waals surface area (Å²) in [6.45, 7) is 7.18. The smallest absolute Gasteiger partial charge is 0.407 e. The summed E-state index contributed by atoms with van der Waals surface area (Å²) >= 11 is 1.82. The first-order valence-corrected chi connectivity index (χ1v) is 5.24. The van der Waals surface area contributed by atoms with Gasteiger partial charge in [-0.05, 0) is 12.2 Å². The minimum Gasteiger partial charge on any atom is -0.450 e. The molecule has 0 atom stereocenters. The lowest BCUT2D eigenvalue weighted by Gasteiger charge is -2.06. The molecule has 0 aromatic heterocycles. The van der Waals surface area contributed by atoms with E-state index in [1.807, 2.05) is 11.8 Å². The molecular weight excluding hydrogens is 174 g/mol. The van der Waals surface area contributed by atoms with Crippen LogP contribution >= 0.6 is 11.8 Å². The van der Waals surface area contributed by atoms with Crippen molar-refractivity contribution in [3.8, 4) is 0 Å². The molecule has 0 aromatic carbocycles. The van der Waals surface area contributed by atoms with E-state index in [1.165, 1.54) is 0 Å². The molecule has 0 bridgehead atoms. The van der Waals surface area contributed by atoms with E-state index in [4.69, 9.17) is 0 Å². The van der Waals surface area contributed by atoms with E-state index in [9.17, 15) is 4.79 Å². The van der Waals surface area contributed by atoms with Gasteiger partial charge in [-0.1, -0.05) is 13.8 Å². The highest BCUT2D eigenvalue weighted by Crippen LogP contribution is 2.06. The Hall–Kier alpha value is -0.380. The van der Waals surface area contributed by atoms with Gasteiger partial charge in [0, 0.05) is 12.3 Å². The Morgan fingerprint density at radius 3 is 2.75 bits per heavy atom. The Bertz CT molecular complexity index is 128. The molecule has 0 fully saturated rings. The van der Waals surface area contributed by atoms with Crippen LogP contribution in [0.15, 0.2) is 0 Å². The van der Waals surface area contributed by atoms with Gasteiger partial charge < -0.3 is 10.1 Å². The highest BCUT2D eigenvalue weighted by Gasteiger charge is 1.98. The van der Waals surface area contributed by atoms with Gasteiger partial charge >= 0.3 is 6.09 Å². The second-order valence-electron chi connectivity index (χ2n) is 2.57. The molecule has 0 aromatic rings. The van der Waals surface area contributed by atoms with Crippen molar-refractivity contribution in [1.29, 1.82) is 0 Å². The van der Waals surface area contributed by atoms with Crippen molar-refractivity contribution in [3.63, 3.8) is 0 Å². The van der Waals surface area contributed by atoms with Crippen LogP contribution in [-0.2, 0) is 4.74 Å². The van der Waals surface area contributed by atoms with Gasteiger partial charge in [-0.3, -0.25) is 0 Å². The summed E-state index contributed by atoms with van der Waals surface area (Å²) < 4.78 is 4.69. The number of nitrogens with one attached hydrogen (secondary N) is 1. The predicted octanol–water partition coefficient (Wildman–Crippen LogP) is 1.87. The molecule has 0 aliphatic heterocycles. The highest BCUT2D eigenvalue weighted by atomic mass is 32.2. The van der Waals surface area contributed by atoms with Crippen LogP contribution in [0.4, 0.5) is 4.79 Å². The number of amides is 1.